The van der Waals surface area contributed by atoms with Gasteiger partial charge in [0.2, 0.25) is 5.91 Å². The summed E-state index contributed by atoms with van der Waals surface area (Å²) in [4.78, 5) is 11.9. The molecular weight excluding hydrogens is 335 g/mol. The van der Waals surface area contributed by atoms with Crippen LogP contribution in [-0.4, -0.2) is 26.2 Å². The van der Waals surface area contributed by atoms with Gasteiger partial charge in [-0.2, -0.15) is 0 Å². The Morgan fingerprint density at radius 2 is 2.00 bits per heavy atom. The van der Waals surface area contributed by atoms with Crippen LogP contribution in [0.1, 0.15) is 30.0 Å². The maximum Gasteiger partial charge on any atom is 0.220 e. The number of methoxy groups -OCH3 is 2. The number of piperidine rings is 1. The number of para-hydroxylation sites is 1. The fourth-order valence-electron chi connectivity index (χ4n) is 3.37. The summed E-state index contributed by atoms with van der Waals surface area (Å²) in [6.45, 7) is 0.548. The minimum atomic E-state index is -0.310. The van der Waals surface area contributed by atoms with Crippen LogP contribution in [0, 0.1) is 5.82 Å². The highest BCUT2D eigenvalue weighted by atomic mass is 19.1. The normalized spacial score (nSPS) is 19.7. The van der Waals surface area contributed by atoms with Gasteiger partial charge in [0, 0.05) is 24.6 Å². The molecule has 0 spiro atoms. The zero-order valence-corrected chi connectivity index (χ0v) is 14.9. The number of carbonyl (C=O) groups is 1. The molecule has 0 aromatic heterocycles. The number of rotatable bonds is 6. The number of amides is 1. The highest BCUT2D eigenvalue weighted by Gasteiger charge is 2.30. The van der Waals surface area contributed by atoms with Crippen molar-refractivity contribution in [3.63, 3.8) is 0 Å². The third kappa shape index (κ3) is 3.96. The molecule has 5 nitrogen and oxygen atoms in total. The van der Waals surface area contributed by atoms with Crippen molar-refractivity contribution in [3.8, 4) is 11.5 Å². The van der Waals surface area contributed by atoms with E-state index in [0.717, 1.165) is 11.1 Å². The molecule has 26 heavy (non-hydrogen) atoms. The zero-order valence-electron chi connectivity index (χ0n) is 14.9. The molecule has 1 aliphatic rings. The molecule has 0 aliphatic carbocycles. The van der Waals surface area contributed by atoms with Gasteiger partial charge in [0.15, 0.2) is 11.5 Å². The maximum atomic E-state index is 13.6. The number of benzene rings is 2. The summed E-state index contributed by atoms with van der Waals surface area (Å²) in [5, 5.41) is 6.45. The molecule has 1 amide bonds. The molecule has 1 saturated heterocycles. The highest BCUT2D eigenvalue weighted by molar-refractivity contribution is 5.77. The average molecular weight is 358 g/mol. The van der Waals surface area contributed by atoms with Gasteiger partial charge in [0.1, 0.15) is 5.82 Å². The molecule has 138 valence electrons. The standard InChI is InChI=1S/C20H23FN2O3/c1-25-17-8-4-6-14(20(17)26-2)12-22-16-9-10-18(24)23-19(16)13-5-3-7-15(21)11-13/h3-8,11,16,19,22H,9-10,12H2,1-2H3,(H,23,24)/t16-,19+/m1/s1. The lowest BCUT2D eigenvalue weighted by Crippen LogP contribution is -2.48. The first-order valence-electron chi connectivity index (χ1n) is 8.60. The Bertz CT molecular complexity index is 781. The van der Waals surface area contributed by atoms with Crippen LogP contribution < -0.4 is 20.1 Å². The van der Waals surface area contributed by atoms with Crippen LogP contribution in [-0.2, 0) is 11.3 Å². The Morgan fingerprint density at radius 1 is 1.19 bits per heavy atom. The third-order valence-corrected chi connectivity index (χ3v) is 4.65. The Hall–Kier alpha value is -2.60. The minimum Gasteiger partial charge on any atom is -0.493 e. The molecule has 6 heteroatoms. The van der Waals surface area contributed by atoms with E-state index < -0.39 is 0 Å². The second-order valence-corrected chi connectivity index (χ2v) is 6.28. The predicted octanol–water partition coefficient (Wildman–Crippen LogP) is 2.95. The summed E-state index contributed by atoms with van der Waals surface area (Å²) in [7, 11) is 3.21. The van der Waals surface area contributed by atoms with Gasteiger partial charge < -0.3 is 20.1 Å². The number of hydrogen-bond donors (Lipinski definition) is 2. The van der Waals surface area contributed by atoms with E-state index >= 15 is 0 Å². The molecular formula is C20H23FN2O3. The molecule has 2 aromatic rings. The minimum absolute atomic E-state index is 0.00888. The fraction of sp³-hybridized carbons (Fsp3) is 0.350. The summed E-state index contributed by atoms with van der Waals surface area (Å²) >= 11 is 0. The molecule has 0 radical (unpaired) electrons. The van der Waals surface area contributed by atoms with Crippen molar-refractivity contribution in [2.45, 2.75) is 31.5 Å². The summed E-state index contributed by atoms with van der Waals surface area (Å²) < 4.78 is 24.4. The van der Waals surface area contributed by atoms with Gasteiger partial charge in [-0.25, -0.2) is 4.39 Å². The van der Waals surface area contributed by atoms with E-state index in [1.54, 1.807) is 20.3 Å². The molecule has 0 saturated carbocycles. The first-order chi connectivity index (χ1) is 12.6. The van der Waals surface area contributed by atoms with Gasteiger partial charge in [-0.15, -0.1) is 0 Å². The third-order valence-electron chi connectivity index (χ3n) is 4.65. The van der Waals surface area contributed by atoms with E-state index in [-0.39, 0.29) is 23.8 Å². The summed E-state index contributed by atoms with van der Waals surface area (Å²) in [5.74, 6) is 1.03. The van der Waals surface area contributed by atoms with Crippen LogP contribution in [0.25, 0.3) is 0 Å². The number of ether oxygens (including phenoxy) is 2. The molecule has 3 rings (SSSR count). The van der Waals surface area contributed by atoms with Gasteiger partial charge >= 0.3 is 0 Å². The molecule has 0 unspecified atom stereocenters. The lowest BCUT2D eigenvalue weighted by Gasteiger charge is -2.33. The second-order valence-electron chi connectivity index (χ2n) is 6.28. The first-order valence-corrected chi connectivity index (χ1v) is 8.60. The summed E-state index contributed by atoms with van der Waals surface area (Å²) in [6.07, 6.45) is 1.12. The Balaban J connectivity index is 1.78. The van der Waals surface area contributed by atoms with Crippen LogP contribution in [0.3, 0.4) is 0 Å². The van der Waals surface area contributed by atoms with Gasteiger partial charge in [-0.05, 0) is 30.2 Å². The van der Waals surface area contributed by atoms with E-state index in [2.05, 4.69) is 10.6 Å². The van der Waals surface area contributed by atoms with Crippen molar-refractivity contribution in [2.75, 3.05) is 14.2 Å². The van der Waals surface area contributed by atoms with E-state index in [1.165, 1.54) is 12.1 Å². The van der Waals surface area contributed by atoms with E-state index in [4.69, 9.17) is 9.47 Å². The van der Waals surface area contributed by atoms with Crippen molar-refractivity contribution in [2.24, 2.45) is 0 Å². The molecule has 2 atom stereocenters. The SMILES string of the molecule is COc1cccc(CN[C@@H]2CCC(=O)N[C@H]2c2cccc(F)c2)c1OC. The summed E-state index contributed by atoms with van der Waals surface area (Å²) in [6, 6.07) is 11.8. The molecule has 1 fully saturated rings. The van der Waals surface area contributed by atoms with Crippen LogP contribution in [0.2, 0.25) is 0 Å². The van der Waals surface area contributed by atoms with Crippen LogP contribution in [0.15, 0.2) is 42.5 Å². The molecule has 1 aliphatic heterocycles. The first kappa shape index (κ1) is 18.2. The van der Waals surface area contributed by atoms with Gasteiger partial charge in [0.05, 0.1) is 20.3 Å². The highest BCUT2D eigenvalue weighted by Crippen LogP contribution is 2.31. The zero-order chi connectivity index (χ0) is 18.5. The van der Waals surface area contributed by atoms with Crippen molar-refractivity contribution < 1.29 is 18.7 Å². The molecule has 2 aromatic carbocycles. The Kier molecular flexibility index (Phi) is 5.73. The summed E-state index contributed by atoms with van der Waals surface area (Å²) in [5.41, 5.74) is 1.72. The smallest absolute Gasteiger partial charge is 0.220 e. The molecule has 0 bridgehead atoms. The molecule has 2 N–H and O–H groups in total. The van der Waals surface area contributed by atoms with Crippen molar-refractivity contribution in [1.29, 1.82) is 0 Å². The number of hydrogen-bond acceptors (Lipinski definition) is 4. The Labute approximate surface area is 152 Å². The van der Waals surface area contributed by atoms with Gasteiger partial charge in [-0.1, -0.05) is 24.3 Å². The topological polar surface area (TPSA) is 59.6 Å². The number of halogens is 1. The number of carbonyl (C=O) groups excluding carboxylic acids is 1. The lowest BCUT2D eigenvalue weighted by atomic mass is 9.91. The lowest BCUT2D eigenvalue weighted by molar-refractivity contribution is -0.123. The fourth-order valence-corrected chi connectivity index (χ4v) is 3.37. The van der Waals surface area contributed by atoms with Crippen LogP contribution in [0.4, 0.5) is 4.39 Å². The maximum absolute atomic E-state index is 13.6. The van der Waals surface area contributed by atoms with Crippen molar-refractivity contribution >= 4 is 5.91 Å². The quantitative estimate of drug-likeness (QED) is 0.834. The van der Waals surface area contributed by atoms with Crippen molar-refractivity contribution in [3.05, 3.63) is 59.4 Å². The van der Waals surface area contributed by atoms with Crippen LogP contribution >= 0.6 is 0 Å². The van der Waals surface area contributed by atoms with E-state index in [9.17, 15) is 9.18 Å². The monoisotopic (exact) mass is 358 g/mol. The van der Waals surface area contributed by atoms with Gasteiger partial charge in [0.25, 0.3) is 0 Å². The largest absolute Gasteiger partial charge is 0.493 e. The van der Waals surface area contributed by atoms with E-state index in [0.29, 0.717) is 30.9 Å². The predicted molar refractivity (Wildman–Crippen MR) is 96.7 cm³/mol. The van der Waals surface area contributed by atoms with Crippen LogP contribution in [0.5, 0.6) is 11.5 Å². The van der Waals surface area contributed by atoms with E-state index in [1.807, 2.05) is 24.3 Å². The molecule has 1 heterocycles. The van der Waals surface area contributed by atoms with Gasteiger partial charge in [-0.3, -0.25) is 4.79 Å². The van der Waals surface area contributed by atoms with Crippen molar-refractivity contribution in [1.82, 2.24) is 10.6 Å². The second kappa shape index (κ2) is 8.19. The Morgan fingerprint density at radius 3 is 2.73 bits per heavy atom. The average Bonchev–Trinajstić information content (AvgIpc) is 2.66. The number of nitrogens with one attached hydrogen (secondary N) is 2.